The van der Waals surface area contributed by atoms with Gasteiger partial charge in [0.2, 0.25) is 0 Å². The zero-order valence-electron chi connectivity index (χ0n) is 13.3. The van der Waals surface area contributed by atoms with Gasteiger partial charge in [-0.1, -0.05) is 47.6 Å². The van der Waals surface area contributed by atoms with Crippen LogP contribution in [0.15, 0.2) is 12.1 Å². The van der Waals surface area contributed by atoms with Crippen molar-refractivity contribution in [2.24, 2.45) is 5.73 Å². The van der Waals surface area contributed by atoms with E-state index in [1.54, 1.807) is 0 Å². The Morgan fingerprint density at radius 3 is 1.90 bits per heavy atom. The first-order valence-electron chi connectivity index (χ1n) is 6.72. The van der Waals surface area contributed by atoms with Crippen LogP contribution >= 0.6 is 12.4 Å². The van der Waals surface area contributed by atoms with Gasteiger partial charge >= 0.3 is 0 Å². The number of rotatable bonds is 2. The Kier molecular flexibility index (Phi) is 6.09. The number of aromatic hydroxyl groups is 1. The number of benzene rings is 1. The molecule has 1 aromatic carbocycles. The van der Waals surface area contributed by atoms with Crippen LogP contribution in [-0.2, 0) is 10.8 Å². The number of aliphatic hydroxyl groups is 1. The van der Waals surface area contributed by atoms with Crippen LogP contribution in [0.3, 0.4) is 0 Å². The summed E-state index contributed by atoms with van der Waals surface area (Å²) in [6, 6.07) is 3.40. The fourth-order valence-electron chi connectivity index (χ4n) is 2.04. The average Bonchev–Trinajstić information content (AvgIpc) is 2.25. The molecule has 20 heavy (non-hydrogen) atoms. The molecule has 0 fully saturated rings. The highest BCUT2D eigenvalue weighted by atomic mass is 35.5. The maximum Gasteiger partial charge on any atom is 0.124 e. The van der Waals surface area contributed by atoms with Crippen molar-refractivity contribution in [3.8, 4) is 5.75 Å². The fourth-order valence-corrected chi connectivity index (χ4v) is 2.04. The predicted molar refractivity (Wildman–Crippen MR) is 86.8 cm³/mol. The minimum absolute atomic E-state index is 0. The molecular weight excluding hydrogens is 274 g/mol. The van der Waals surface area contributed by atoms with Crippen molar-refractivity contribution in [1.29, 1.82) is 0 Å². The molecule has 1 aromatic rings. The summed E-state index contributed by atoms with van der Waals surface area (Å²) in [5, 5.41) is 19.7. The van der Waals surface area contributed by atoms with E-state index in [0.29, 0.717) is 5.56 Å². The molecule has 4 heteroatoms. The van der Waals surface area contributed by atoms with Gasteiger partial charge in [0.1, 0.15) is 5.75 Å². The number of aliphatic hydroxyl groups excluding tert-OH is 1. The second-order valence-electron chi connectivity index (χ2n) is 7.25. The van der Waals surface area contributed by atoms with Gasteiger partial charge in [-0.15, -0.1) is 12.4 Å². The number of phenolic OH excluding ortho intramolecular Hbond substituents is 1. The first-order chi connectivity index (χ1) is 8.48. The molecule has 3 nitrogen and oxygen atoms in total. The lowest BCUT2D eigenvalue weighted by molar-refractivity contribution is 0.264. The first-order valence-corrected chi connectivity index (χ1v) is 6.72. The Bertz CT molecular complexity index is 459. The second-order valence-corrected chi connectivity index (χ2v) is 7.25. The lowest BCUT2D eigenvalue weighted by Gasteiger charge is -2.28. The van der Waals surface area contributed by atoms with Crippen LogP contribution in [0.4, 0.5) is 0 Å². The zero-order valence-corrected chi connectivity index (χ0v) is 14.1. The van der Waals surface area contributed by atoms with E-state index < -0.39 is 6.04 Å². The molecule has 0 radical (unpaired) electrons. The van der Waals surface area contributed by atoms with Gasteiger partial charge in [0.05, 0.1) is 12.6 Å². The average molecular weight is 302 g/mol. The lowest BCUT2D eigenvalue weighted by atomic mass is 9.78. The summed E-state index contributed by atoms with van der Waals surface area (Å²) in [4.78, 5) is 0. The van der Waals surface area contributed by atoms with Crippen molar-refractivity contribution in [1.82, 2.24) is 0 Å². The highest BCUT2D eigenvalue weighted by Crippen LogP contribution is 2.39. The van der Waals surface area contributed by atoms with Crippen molar-refractivity contribution in [2.75, 3.05) is 6.61 Å². The number of hydrogen-bond acceptors (Lipinski definition) is 3. The van der Waals surface area contributed by atoms with Crippen molar-refractivity contribution in [3.05, 3.63) is 28.8 Å². The quantitative estimate of drug-likeness (QED) is 0.784. The van der Waals surface area contributed by atoms with E-state index >= 15 is 0 Å². The van der Waals surface area contributed by atoms with Crippen molar-refractivity contribution in [2.45, 2.75) is 58.4 Å². The third-order valence-corrected chi connectivity index (χ3v) is 3.41. The number of halogens is 1. The van der Waals surface area contributed by atoms with E-state index in [0.717, 1.165) is 11.1 Å². The molecule has 1 rings (SSSR count). The highest BCUT2D eigenvalue weighted by Gasteiger charge is 2.26. The Morgan fingerprint density at radius 1 is 1.05 bits per heavy atom. The molecular formula is C16H28ClNO2. The number of hydrogen-bond donors (Lipinski definition) is 3. The van der Waals surface area contributed by atoms with Crippen molar-refractivity contribution >= 4 is 12.4 Å². The maximum absolute atomic E-state index is 10.4. The molecule has 0 spiro atoms. The summed E-state index contributed by atoms with van der Waals surface area (Å²) >= 11 is 0. The fraction of sp³-hybridized carbons (Fsp3) is 0.625. The van der Waals surface area contributed by atoms with Crippen LogP contribution in [0.2, 0.25) is 0 Å². The van der Waals surface area contributed by atoms with Gasteiger partial charge in [0.15, 0.2) is 0 Å². The monoisotopic (exact) mass is 301 g/mol. The highest BCUT2D eigenvalue weighted by molar-refractivity contribution is 5.85. The summed E-state index contributed by atoms with van der Waals surface area (Å²) in [6.45, 7) is 12.4. The van der Waals surface area contributed by atoms with Crippen molar-refractivity contribution in [3.63, 3.8) is 0 Å². The largest absolute Gasteiger partial charge is 0.507 e. The van der Waals surface area contributed by atoms with E-state index in [4.69, 9.17) is 5.73 Å². The normalized spacial score (nSPS) is 13.8. The van der Waals surface area contributed by atoms with Gasteiger partial charge in [-0.05, 0) is 28.0 Å². The van der Waals surface area contributed by atoms with Crippen LogP contribution in [0.1, 0.15) is 64.3 Å². The van der Waals surface area contributed by atoms with Gasteiger partial charge in [0.25, 0.3) is 0 Å². The topological polar surface area (TPSA) is 66.5 Å². The standard InChI is InChI=1S/C16H27NO2.ClH/c1-15(2,3)10-7-11(13(17)9-18)14(19)12(8-10)16(4,5)6;/h7-8,13,18-19H,9,17H2,1-6H3;1H/t13-;/m1./s1. The number of phenols is 1. The Morgan fingerprint density at radius 2 is 1.55 bits per heavy atom. The van der Waals surface area contributed by atoms with Gasteiger partial charge in [-0.25, -0.2) is 0 Å². The summed E-state index contributed by atoms with van der Waals surface area (Å²) in [5.41, 5.74) is 8.33. The van der Waals surface area contributed by atoms with Crippen LogP contribution in [0.5, 0.6) is 5.75 Å². The second kappa shape index (κ2) is 6.33. The summed E-state index contributed by atoms with van der Waals surface area (Å²) in [7, 11) is 0. The molecule has 0 aliphatic rings. The van der Waals surface area contributed by atoms with Gasteiger partial charge in [0, 0.05) is 5.56 Å². The Hall–Kier alpha value is -0.770. The van der Waals surface area contributed by atoms with Crippen LogP contribution < -0.4 is 5.73 Å². The van der Waals surface area contributed by atoms with E-state index in [9.17, 15) is 10.2 Å². The van der Waals surface area contributed by atoms with E-state index in [-0.39, 0.29) is 35.6 Å². The van der Waals surface area contributed by atoms with Crippen LogP contribution in [0.25, 0.3) is 0 Å². The molecule has 0 heterocycles. The Balaban J connectivity index is 0.00000361. The number of nitrogens with two attached hydrogens (primary N) is 1. The summed E-state index contributed by atoms with van der Waals surface area (Å²) in [6.07, 6.45) is 0. The van der Waals surface area contributed by atoms with Gasteiger partial charge in [-0.2, -0.15) is 0 Å². The molecule has 0 aliphatic carbocycles. The molecule has 0 aliphatic heterocycles. The van der Waals surface area contributed by atoms with E-state index in [1.165, 1.54) is 0 Å². The Labute approximate surface area is 128 Å². The molecule has 0 saturated heterocycles. The molecule has 4 N–H and O–H groups in total. The maximum atomic E-state index is 10.4. The van der Waals surface area contributed by atoms with Crippen molar-refractivity contribution < 1.29 is 10.2 Å². The summed E-state index contributed by atoms with van der Waals surface area (Å²) in [5.74, 6) is 0.210. The van der Waals surface area contributed by atoms with Gasteiger partial charge < -0.3 is 15.9 Å². The molecule has 0 bridgehead atoms. The molecule has 0 amide bonds. The minimum atomic E-state index is -0.552. The third-order valence-electron chi connectivity index (χ3n) is 3.41. The van der Waals surface area contributed by atoms with Crippen LogP contribution in [-0.4, -0.2) is 16.8 Å². The molecule has 116 valence electrons. The smallest absolute Gasteiger partial charge is 0.124 e. The molecule has 1 atom stereocenters. The SMILES string of the molecule is CC(C)(C)c1cc([C@H](N)CO)c(O)c(C(C)(C)C)c1.Cl. The minimum Gasteiger partial charge on any atom is -0.507 e. The zero-order chi connectivity index (χ0) is 15.0. The van der Waals surface area contributed by atoms with Gasteiger partial charge in [-0.3, -0.25) is 0 Å². The molecule has 0 aromatic heterocycles. The summed E-state index contributed by atoms with van der Waals surface area (Å²) < 4.78 is 0. The third kappa shape index (κ3) is 4.11. The molecule has 0 saturated carbocycles. The first kappa shape index (κ1) is 19.2. The molecule has 0 unspecified atom stereocenters. The van der Waals surface area contributed by atoms with E-state index in [1.807, 2.05) is 12.1 Å². The van der Waals surface area contributed by atoms with Crippen LogP contribution in [0, 0.1) is 0 Å². The lowest BCUT2D eigenvalue weighted by Crippen LogP contribution is -2.21. The predicted octanol–water partition coefficient (Wildman–Crippen LogP) is 3.40. The van der Waals surface area contributed by atoms with E-state index in [2.05, 4.69) is 41.5 Å².